The molecule has 2 aromatic carbocycles. The lowest BCUT2D eigenvalue weighted by Crippen LogP contribution is -2.02. The lowest BCUT2D eigenvalue weighted by atomic mass is 10.1. The number of nitrogens with zero attached hydrogens (tertiary/aromatic N) is 2. The summed E-state index contributed by atoms with van der Waals surface area (Å²) in [5.41, 5.74) is 10.1. The number of rotatable bonds is 4. The first-order valence-electron chi connectivity index (χ1n) is 6.78. The van der Waals surface area contributed by atoms with Gasteiger partial charge in [0.1, 0.15) is 0 Å². The summed E-state index contributed by atoms with van der Waals surface area (Å²) in [6.07, 6.45) is 2.90. The van der Waals surface area contributed by atoms with Crippen LogP contribution in [0, 0.1) is 0 Å². The highest BCUT2D eigenvalue weighted by atomic mass is 15.3. The standard InChI is InChI=1S/C17H17N3/c18-12-11-15-13-20(16-9-5-2-6-10-16)19-17(15)14-7-3-1-4-8-14/h1-10,13H,11-12,18H2. The first kappa shape index (κ1) is 12.6. The molecule has 0 amide bonds. The van der Waals surface area contributed by atoms with Gasteiger partial charge in [0.25, 0.3) is 0 Å². The average Bonchev–Trinajstić information content (AvgIpc) is 2.94. The molecule has 0 aliphatic carbocycles. The molecule has 0 aliphatic heterocycles. The molecule has 0 bridgehead atoms. The zero-order valence-electron chi connectivity index (χ0n) is 11.2. The van der Waals surface area contributed by atoms with E-state index in [1.54, 1.807) is 0 Å². The highest BCUT2D eigenvalue weighted by Gasteiger charge is 2.11. The fourth-order valence-electron chi connectivity index (χ4n) is 2.30. The van der Waals surface area contributed by atoms with E-state index >= 15 is 0 Å². The molecule has 3 aromatic rings. The molecule has 0 spiro atoms. The lowest BCUT2D eigenvalue weighted by molar-refractivity contribution is 0.882. The first-order chi connectivity index (χ1) is 9.88. The molecule has 1 heterocycles. The van der Waals surface area contributed by atoms with Crippen molar-refractivity contribution in [2.24, 2.45) is 5.73 Å². The van der Waals surface area contributed by atoms with Gasteiger partial charge >= 0.3 is 0 Å². The van der Waals surface area contributed by atoms with Crippen molar-refractivity contribution < 1.29 is 0 Å². The van der Waals surface area contributed by atoms with Gasteiger partial charge in [-0.3, -0.25) is 0 Å². The predicted octanol–water partition coefficient (Wildman–Crippen LogP) is 3.04. The molecule has 2 N–H and O–H groups in total. The number of para-hydroxylation sites is 1. The molecule has 0 saturated heterocycles. The number of aromatic nitrogens is 2. The minimum atomic E-state index is 0.625. The molecule has 20 heavy (non-hydrogen) atoms. The van der Waals surface area contributed by atoms with Crippen molar-refractivity contribution in [1.29, 1.82) is 0 Å². The van der Waals surface area contributed by atoms with Crippen LogP contribution in [0.4, 0.5) is 0 Å². The molecule has 3 heteroatoms. The highest BCUT2D eigenvalue weighted by Crippen LogP contribution is 2.23. The Bertz CT molecular complexity index is 672. The van der Waals surface area contributed by atoms with Crippen LogP contribution in [0.15, 0.2) is 66.9 Å². The van der Waals surface area contributed by atoms with Crippen molar-refractivity contribution in [3.63, 3.8) is 0 Å². The fourth-order valence-corrected chi connectivity index (χ4v) is 2.30. The van der Waals surface area contributed by atoms with Gasteiger partial charge < -0.3 is 5.73 Å². The number of nitrogens with two attached hydrogens (primary N) is 1. The Kier molecular flexibility index (Phi) is 3.61. The summed E-state index contributed by atoms with van der Waals surface area (Å²) in [6.45, 7) is 0.625. The third-order valence-electron chi connectivity index (χ3n) is 3.27. The van der Waals surface area contributed by atoms with E-state index in [2.05, 4.69) is 18.3 Å². The van der Waals surface area contributed by atoms with Gasteiger partial charge in [0, 0.05) is 11.8 Å². The second-order valence-electron chi connectivity index (χ2n) is 4.69. The van der Waals surface area contributed by atoms with Crippen molar-refractivity contribution in [3.8, 4) is 16.9 Å². The van der Waals surface area contributed by atoms with E-state index in [4.69, 9.17) is 10.8 Å². The van der Waals surface area contributed by atoms with Gasteiger partial charge in [0.05, 0.1) is 11.4 Å². The van der Waals surface area contributed by atoms with Gasteiger partial charge in [-0.2, -0.15) is 5.10 Å². The number of benzene rings is 2. The molecule has 100 valence electrons. The zero-order valence-corrected chi connectivity index (χ0v) is 11.2. The molecule has 0 radical (unpaired) electrons. The molecular weight excluding hydrogens is 246 g/mol. The Morgan fingerprint density at radius 3 is 2.20 bits per heavy atom. The van der Waals surface area contributed by atoms with Gasteiger partial charge in [-0.15, -0.1) is 0 Å². The van der Waals surface area contributed by atoms with E-state index in [1.165, 1.54) is 5.56 Å². The van der Waals surface area contributed by atoms with Crippen LogP contribution >= 0.6 is 0 Å². The number of hydrogen-bond acceptors (Lipinski definition) is 2. The van der Waals surface area contributed by atoms with Crippen LogP contribution in [-0.4, -0.2) is 16.3 Å². The van der Waals surface area contributed by atoms with Gasteiger partial charge in [0.2, 0.25) is 0 Å². The van der Waals surface area contributed by atoms with Crippen LogP contribution in [-0.2, 0) is 6.42 Å². The monoisotopic (exact) mass is 263 g/mol. The van der Waals surface area contributed by atoms with E-state index in [0.717, 1.165) is 23.4 Å². The predicted molar refractivity (Wildman–Crippen MR) is 81.8 cm³/mol. The van der Waals surface area contributed by atoms with E-state index in [9.17, 15) is 0 Å². The summed E-state index contributed by atoms with van der Waals surface area (Å²) in [4.78, 5) is 0. The molecule has 3 nitrogen and oxygen atoms in total. The van der Waals surface area contributed by atoms with Gasteiger partial charge in [-0.25, -0.2) is 4.68 Å². The minimum absolute atomic E-state index is 0.625. The van der Waals surface area contributed by atoms with Crippen molar-refractivity contribution in [3.05, 3.63) is 72.4 Å². The first-order valence-corrected chi connectivity index (χ1v) is 6.78. The smallest absolute Gasteiger partial charge is 0.0960 e. The molecule has 3 rings (SSSR count). The summed E-state index contributed by atoms with van der Waals surface area (Å²) >= 11 is 0. The second kappa shape index (κ2) is 5.72. The molecule has 0 aliphatic rings. The average molecular weight is 263 g/mol. The van der Waals surface area contributed by atoms with Crippen LogP contribution in [0.5, 0.6) is 0 Å². The fraction of sp³-hybridized carbons (Fsp3) is 0.118. The minimum Gasteiger partial charge on any atom is -0.330 e. The van der Waals surface area contributed by atoms with Crippen LogP contribution in [0.25, 0.3) is 16.9 Å². The molecule has 0 saturated carbocycles. The van der Waals surface area contributed by atoms with Crippen LogP contribution < -0.4 is 5.73 Å². The Balaban J connectivity index is 2.08. The molecule has 0 unspecified atom stereocenters. The van der Waals surface area contributed by atoms with Crippen LogP contribution in [0.3, 0.4) is 0 Å². The Morgan fingerprint density at radius 1 is 0.900 bits per heavy atom. The SMILES string of the molecule is NCCc1cn(-c2ccccc2)nc1-c1ccccc1. The lowest BCUT2D eigenvalue weighted by Gasteiger charge is -2.00. The van der Waals surface area contributed by atoms with E-state index in [-0.39, 0.29) is 0 Å². The summed E-state index contributed by atoms with van der Waals surface area (Å²) in [7, 11) is 0. The van der Waals surface area contributed by atoms with Crippen LogP contribution in [0.1, 0.15) is 5.56 Å². The topological polar surface area (TPSA) is 43.8 Å². The maximum atomic E-state index is 5.72. The Morgan fingerprint density at radius 2 is 1.55 bits per heavy atom. The van der Waals surface area contributed by atoms with Crippen molar-refractivity contribution in [1.82, 2.24) is 9.78 Å². The molecular formula is C17H17N3. The third kappa shape index (κ3) is 2.49. The largest absolute Gasteiger partial charge is 0.330 e. The summed E-state index contributed by atoms with van der Waals surface area (Å²) < 4.78 is 1.92. The normalized spacial score (nSPS) is 10.7. The molecule has 0 fully saturated rings. The van der Waals surface area contributed by atoms with Crippen molar-refractivity contribution in [2.75, 3.05) is 6.54 Å². The quantitative estimate of drug-likeness (QED) is 0.786. The van der Waals surface area contributed by atoms with E-state index in [1.807, 2.05) is 53.2 Å². The van der Waals surface area contributed by atoms with Gasteiger partial charge in [-0.05, 0) is 30.7 Å². The van der Waals surface area contributed by atoms with Gasteiger partial charge in [0.15, 0.2) is 0 Å². The maximum Gasteiger partial charge on any atom is 0.0960 e. The van der Waals surface area contributed by atoms with Crippen LogP contribution in [0.2, 0.25) is 0 Å². The van der Waals surface area contributed by atoms with E-state index < -0.39 is 0 Å². The van der Waals surface area contributed by atoms with E-state index in [0.29, 0.717) is 6.54 Å². The van der Waals surface area contributed by atoms with Crippen molar-refractivity contribution >= 4 is 0 Å². The van der Waals surface area contributed by atoms with Crippen molar-refractivity contribution in [2.45, 2.75) is 6.42 Å². The summed E-state index contributed by atoms with van der Waals surface area (Å²) in [5.74, 6) is 0. The molecule has 1 aromatic heterocycles. The third-order valence-corrected chi connectivity index (χ3v) is 3.27. The number of hydrogen-bond donors (Lipinski definition) is 1. The summed E-state index contributed by atoms with van der Waals surface area (Å²) in [5, 5.41) is 4.73. The summed E-state index contributed by atoms with van der Waals surface area (Å²) in [6, 6.07) is 20.4. The Labute approximate surface area is 118 Å². The Hall–Kier alpha value is -2.39. The second-order valence-corrected chi connectivity index (χ2v) is 4.69. The zero-order chi connectivity index (χ0) is 13.8. The van der Waals surface area contributed by atoms with Gasteiger partial charge in [-0.1, -0.05) is 48.5 Å². The maximum absolute atomic E-state index is 5.72. The molecule has 0 atom stereocenters. The highest BCUT2D eigenvalue weighted by molar-refractivity contribution is 5.63.